The number of carbonyl (C=O) groups is 1. The third kappa shape index (κ3) is 6.89. The molecule has 0 saturated carbocycles. The standard InChI is InChI=1S/C11H23NO2/c1-3-4-5-6-9-14-11(13)10(2)7-8-12/h10H,3-9,12H2,1-2H3. The van der Waals surface area contributed by atoms with Crippen molar-refractivity contribution in [2.24, 2.45) is 11.7 Å². The molecular weight excluding hydrogens is 178 g/mol. The molecule has 1 atom stereocenters. The molecule has 3 nitrogen and oxygen atoms in total. The fourth-order valence-corrected chi connectivity index (χ4v) is 1.21. The Morgan fingerprint density at radius 1 is 1.36 bits per heavy atom. The van der Waals surface area contributed by atoms with Gasteiger partial charge in [-0.1, -0.05) is 33.1 Å². The van der Waals surface area contributed by atoms with E-state index in [4.69, 9.17) is 10.5 Å². The molecule has 1 unspecified atom stereocenters. The third-order valence-corrected chi connectivity index (χ3v) is 2.24. The largest absolute Gasteiger partial charge is 0.465 e. The van der Waals surface area contributed by atoms with Gasteiger partial charge >= 0.3 is 5.97 Å². The van der Waals surface area contributed by atoms with Crippen LogP contribution >= 0.6 is 0 Å². The van der Waals surface area contributed by atoms with Crippen LogP contribution in [0.5, 0.6) is 0 Å². The molecule has 0 aliphatic carbocycles. The van der Waals surface area contributed by atoms with Gasteiger partial charge in [-0.15, -0.1) is 0 Å². The van der Waals surface area contributed by atoms with Gasteiger partial charge in [-0.05, 0) is 19.4 Å². The van der Waals surface area contributed by atoms with E-state index in [1.165, 1.54) is 12.8 Å². The van der Waals surface area contributed by atoms with Crippen molar-refractivity contribution in [3.63, 3.8) is 0 Å². The fraction of sp³-hybridized carbons (Fsp3) is 0.909. The Labute approximate surface area is 87.0 Å². The van der Waals surface area contributed by atoms with Gasteiger partial charge in [-0.2, -0.15) is 0 Å². The summed E-state index contributed by atoms with van der Waals surface area (Å²) in [5.74, 6) is -0.155. The molecule has 2 N–H and O–H groups in total. The van der Waals surface area contributed by atoms with Crippen molar-refractivity contribution in [2.45, 2.75) is 46.0 Å². The second-order valence-electron chi connectivity index (χ2n) is 3.71. The maximum absolute atomic E-state index is 11.3. The normalized spacial score (nSPS) is 12.5. The molecule has 0 fully saturated rings. The number of esters is 1. The zero-order valence-corrected chi connectivity index (χ0v) is 9.42. The highest BCUT2D eigenvalue weighted by Crippen LogP contribution is 2.05. The Kier molecular flexibility index (Phi) is 8.64. The summed E-state index contributed by atoms with van der Waals surface area (Å²) in [6.45, 7) is 5.14. The van der Waals surface area contributed by atoms with Crippen molar-refractivity contribution in [1.29, 1.82) is 0 Å². The number of rotatable bonds is 8. The lowest BCUT2D eigenvalue weighted by Gasteiger charge is -2.09. The molecular formula is C11H23NO2. The molecule has 0 amide bonds. The molecule has 0 rings (SSSR count). The maximum atomic E-state index is 11.3. The lowest BCUT2D eigenvalue weighted by molar-refractivity contribution is -0.148. The number of nitrogens with two attached hydrogens (primary N) is 1. The van der Waals surface area contributed by atoms with Gasteiger partial charge in [-0.3, -0.25) is 4.79 Å². The van der Waals surface area contributed by atoms with E-state index in [9.17, 15) is 4.79 Å². The van der Waals surface area contributed by atoms with Crippen molar-refractivity contribution >= 4 is 5.97 Å². The minimum atomic E-state index is -0.105. The lowest BCUT2D eigenvalue weighted by Crippen LogP contribution is -2.18. The van der Waals surface area contributed by atoms with Gasteiger partial charge in [0, 0.05) is 0 Å². The molecule has 14 heavy (non-hydrogen) atoms. The smallest absolute Gasteiger partial charge is 0.308 e. The summed E-state index contributed by atoms with van der Waals surface area (Å²) in [5, 5.41) is 0. The van der Waals surface area contributed by atoms with Gasteiger partial charge in [0.2, 0.25) is 0 Å². The van der Waals surface area contributed by atoms with Crippen molar-refractivity contribution < 1.29 is 9.53 Å². The summed E-state index contributed by atoms with van der Waals surface area (Å²) < 4.78 is 5.11. The summed E-state index contributed by atoms with van der Waals surface area (Å²) in [4.78, 5) is 11.3. The predicted octanol–water partition coefficient (Wildman–Crippen LogP) is 2.09. The molecule has 0 saturated heterocycles. The van der Waals surface area contributed by atoms with Crippen molar-refractivity contribution in [2.75, 3.05) is 13.2 Å². The fourth-order valence-electron chi connectivity index (χ4n) is 1.21. The first-order chi connectivity index (χ1) is 6.72. The van der Waals surface area contributed by atoms with E-state index in [0.29, 0.717) is 19.6 Å². The molecule has 0 aromatic heterocycles. The second kappa shape index (κ2) is 9.00. The topological polar surface area (TPSA) is 52.3 Å². The number of ether oxygens (including phenoxy) is 1. The zero-order chi connectivity index (χ0) is 10.8. The quantitative estimate of drug-likeness (QED) is 0.483. The van der Waals surface area contributed by atoms with Crippen molar-refractivity contribution in [3.05, 3.63) is 0 Å². The van der Waals surface area contributed by atoms with E-state index in [1.54, 1.807) is 0 Å². The molecule has 0 bridgehead atoms. The van der Waals surface area contributed by atoms with Crippen LogP contribution in [0.3, 0.4) is 0 Å². The average molecular weight is 201 g/mol. The van der Waals surface area contributed by atoms with E-state index in [0.717, 1.165) is 12.8 Å². The Morgan fingerprint density at radius 2 is 2.07 bits per heavy atom. The molecule has 0 heterocycles. The average Bonchev–Trinajstić information content (AvgIpc) is 2.17. The zero-order valence-electron chi connectivity index (χ0n) is 9.42. The van der Waals surface area contributed by atoms with Gasteiger partial charge in [0.1, 0.15) is 0 Å². The molecule has 0 spiro atoms. The van der Waals surface area contributed by atoms with Gasteiger partial charge in [-0.25, -0.2) is 0 Å². The molecule has 84 valence electrons. The molecule has 0 aromatic carbocycles. The lowest BCUT2D eigenvalue weighted by atomic mass is 10.1. The monoisotopic (exact) mass is 201 g/mol. The van der Waals surface area contributed by atoms with Crippen LogP contribution in [0.25, 0.3) is 0 Å². The van der Waals surface area contributed by atoms with E-state index in [1.807, 2.05) is 6.92 Å². The first-order valence-corrected chi connectivity index (χ1v) is 5.59. The van der Waals surface area contributed by atoms with Crippen LogP contribution in [-0.2, 0) is 9.53 Å². The third-order valence-electron chi connectivity index (χ3n) is 2.24. The van der Waals surface area contributed by atoms with E-state index in [2.05, 4.69) is 6.92 Å². The van der Waals surface area contributed by atoms with Gasteiger partial charge < -0.3 is 10.5 Å². The molecule has 0 radical (unpaired) electrons. The van der Waals surface area contributed by atoms with Crippen molar-refractivity contribution in [3.8, 4) is 0 Å². The minimum absolute atomic E-state index is 0.0498. The molecule has 0 aliphatic rings. The second-order valence-corrected chi connectivity index (χ2v) is 3.71. The highest BCUT2D eigenvalue weighted by Gasteiger charge is 2.12. The Morgan fingerprint density at radius 3 is 2.64 bits per heavy atom. The predicted molar refractivity (Wildman–Crippen MR) is 57.9 cm³/mol. The van der Waals surface area contributed by atoms with Crippen LogP contribution in [0, 0.1) is 5.92 Å². The number of hydrogen-bond acceptors (Lipinski definition) is 3. The highest BCUT2D eigenvalue weighted by atomic mass is 16.5. The summed E-state index contributed by atoms with van der Waals surface area (Å²) in [7, 11) is 0. The van der Waals surface area contributed by atoms with E-state index in [-0.39, 0.29) is 11.9 Å². The van der Waals surface area contributed by atoms with Crippen LogP contribution in [0.2, 0.25) is 0 Å². The summed E-state index contributed by atoms with van der Waals surface area (Å²) >= 11 is 0. The summed E-state index contributed by atoms with van der Waals surface area (Å²) in [6.07, 6.45) is 5.27. The van der Waals surface area contributed by atoms with Gasteiger partial charge in [0.15, 0.2) is 0 Å². The van der Waals surface area contributed by atoms with E-state index >= 15 is 0 Å². The Bertz CT molecular complexity index is 148. The minimum Gasteiger partial charge on any atom is -0.465 e. The maximum Gasteiger partial charge on any atom is 0.308 e. The Balaban J connectivity index is 3.34. The summed E-state index contributed by atoms with van der Waals surface area (Å²) in [6, 6.07) is 0. The first-order valence-electron chi connectivity index (χ1n) is 5.59. The van der Waals surface area contributed by atoms with E-state index < -0.39 is 0 Å². The van der Waals surface area contributed by atoms with Crippen LogP contribution in [0.1, 0.15) is 46.0 Å². The van der Waals surface area contributed by atoms with Crippen LogP contribution in [-0.4, -0.2) is 19.1 Å². The van der Waals surface area contributed by atoms with Crippen LogP contribution in [0.15, 0.2) is 0 Å². The Hall–Kier alpha value is -0.570. The SMILES string of the molecule is CCCCCCOC(=O)C(C)CCN. The number of carbonyl (C=O) groups excluding carboxylic acids is 1. The molecule has 0 aliphatic heterocycles. The number of unbranched alkanes of at least 4 members (excludes halogenated alkanes) is 3. The summed E-state index contributed by atoms with van der Waals surface area (Å²) in [5.41, 5.74) is 5.35. The molecule has 0 aromatic rings. The number of hydrogen-bond donors (Lipinski definition) is 1. The van der Waals surface area contributed by atoms with Crippen LogP contribution in [0.4, 0.5) is 0 Å². The first kappa shape index (κ1) is 13.4. The van der Waals surface area contributed by atoms with Crippen molar-refractivity contribution in [1.82, 2.24) is 0 Å². The van der Waals surface area contributed by atoms with Gasteiger partial charge in [0.05, 0.1) is 12.5 Å². The van der Waals surface area contributed by atoms with Gasteiger partial charge in [0.25, 0.3) is 0 Å². The molecule has 3 heteroatoms. The van der Waals surface area contributed by atoms with Crippen LogP contribution < -0.4 is 5.73 Å². The highest BCUT2D eigenvalue weighted by molar-refractivity contribution is 5.71.